The molecule has 0 amide bonds. The molecule has 0 heterocycles. The smallest absolute Gasteiger partial charge is 0.0217 e. The molecule has 0 radical (unpaired) electrons. The predicted octanol–water partition coefficient (Wildman–Crippen LogP) is 3.37. The van der Waals surface area contributed by atoms with Gasteiger partial charge in [0.25, 0.3) is 0 Å². The van der Waals surface area contributed by atoms with Gasteiger partial charge in [-0.1, -0.05) is 37.6 Å². The van der Waals surface area contributed by atoms with Gasteiger partial charge in [-0.25, -0.2) is 0 Å². The summed E-state index contributed by atoms with van der Waals surface area (Å²) in [6.45, 7) is 10.9. The molecule has 0 aliphatic carbocycles. The molecule has 0 saturated heterocycles. The van der Waals surface area contributed by atoms with Crippen molar-refractivity contribution >= 4 is 0 Å². The number of hydrogen-bond acceptors (Lipinski definition) is 2. The van der Waals surface area contributed by atoms with E-state index in [0.717, 1.165) is 19.0 Å². The molecular weight excluding hydrogens is 232 g/mol. The third-order valence-corrected chi connectivity index (χ3v) is 3.67. The van der Waals surface area contributed by atoms with Crippen LogP contribution >= 0.6 is 0 Å². The fourth-order valence-electron chi connectivity index (χ4n) is 2.44. The first-order valence-corrected chi connectivity index (χ1v) is 7.33. The summed E-state index contributed by atoms with van der Waals surface area (Å²) >= 11 is 0. The molecule has 0 spiro atoms. The summed E-state index contributed by atoms with van der Waals surface area (Å²) < 4.78 is 0. The van der Waals surface area contributed by atoms with Crippen LogP contribution in [-0.2, 0) is 6.54 Å². The summed E-state index contributed by atoms with van der Waals surface area (Å²) in [5.74, 6) is 0.746. The van der Waals surface area contributed by atoms with Crippen LogP contribution in [0.4, 0.5) is 0 Å². The van der Waals surface area contributed by atoms with Crippen molar-refractivity contribution in [1.82, 2.24) is 10.2 Å². The molecule has 1 atom stereocenters. The van der Waals surface area contributed by atoms with Crippen LogP contribution in [0.25, 0.3) is 0 Å². The Morgan fingerprint density at radius 3 is 2.37 bits per heavy atom. The van der Waals surface area contributed by atoms with E-state index in [1.807, 2.05) is 0 Å². The molecule has 1 unspecified atom stereocenters. The van der Waals surface area contributed by atoms with E-state index in [1.54, 1.807) is 0 Å². The summed E-state index contributed by atoms with van der Waals surface area (Å²) in [6, 6.07) is 7.31. The van der Waals surface area contributed by atoms with Crippen LogP contribution in [0.15, 0.2) is 18.2 Å². The minimum atomic E-state index is 0.616. The molecule has 0 aliphatic rings. The second kappa shape index (κ2) is 7.66. The number of benzene rings is 1. The van der Waals surface area contributed by atoms with Gasteiger partial charge in [0.1, 0.15) is 0 Å². The zero-order chi connectivity index (χ0) is 14.4. The third kappa shape index (κ3) is 5.75. The molecule has 1 N–H and O–H groups in total. The number of nitrogens with one attached hydrogen (secondary N) is 1. The van der Waals surface area contributed by atoms with Crippen molar-refractivity contribution in [2.24, 2.45) is 5.92 Å². The Morgan fingerprint density at radius 1 is 1.16 bits per heavy atom. The standard InChI is InChI=1S/C17H30N2/c1-13(2)9-17(19(5)6)12-18-11-16-8-7-14(3)10-15(16)4/h7-8,10,13,17-18H,9,11-12H2,1-6H3. The molecule has 0 fully saturated rings. The number of hydrogen-bond donors (Lipinski definition) is 1. The summed E-state index contributed by atoms with van der Waals surface area (Å²) in [5.41, 5.74) is 4.14. The lowest BCUT2D eigenvalue weighted by Crippen LogP contribution is -2.38. The molecule has 2 nitrogen and oxygen atoms in total. The van der Waals surface area contributed by atoms with Crippen LogP contribution in [0, 0.1) is 19.8 Å². The van der Waals surface area contributed by atoms with Gasteiger partial charge < -0.3 is 10.2 Å². The first-order chi connectivity index (χ1) is 8.90. The van der Waals surface area contributed by atoms with E-state index < -0.39 is 0 Å². The van der Waals surface area contributed by atoms with Crippen molar-refractivity contribution in [3.8, 4) is 0 Å². The molecule has 1 aromatic carbocycles. The molecular formula is C17H30N2. The Hall–Kier alpha value is -0.860. The zero-order valence-corrected chi connectivity index (χ0v) is 13.5. The van der Waals surface area contributed by atoms with Gasteiger partial charge in [0.15, 0.2) is 0 Å². The lowest BCUT2D eigenvalue weighted by Gasteiger charge is -2.26. The maximum Gasteiger partial charge on any atom is 0.0217 e. The van der Waals surface area contributed by atoms with Crippen LogP contribution in [-0.4, -0.2) is 31.6 Å². The van der Waals surface area contributed by atoms with E-state index in [9.17, 15) is 0 Å². The minimum absolute atomic E-state index is 0.616. The molecule has 1 aromatic rings. The highest BCUT2D eigenvalue weighted by Gasteiger charge is 2.12. The lowest BCUT2D eigenvalue weighted by atomic mass is 10.0. The molecule has 0 bridgehead atoms. The quantitative estimate of drug-likeness (QED) is 0.810. The summed E-state index contributed by atoms with van der Waals surface area (Å²) in [6.07, 6.45) is 1.24. The van der Waals surface area contributed by atoms with Gasteiger partial charge in [0, 0.05) is 19.1 Å². The fraction of sp³-hybridized carbons (Fsp3) is 0.647. The highest BCUT2D eigenvalue weighted by Crippen LogP contribution is 2.11. The highest BCUT2D eigenvalue weighted by molar-refractivity contribution is 5.30. The number of likely N-dealkylation sites (N-methyl/N-ethyl adjacent to an activating group) is 1. The van der Waals surface area contributed by atoms with Crippen molar-refractivity contribution in [2.45, 2.75) is 46.7 Å². The van der Waals surface area contributed by atoms with Gasteiger partial charge in [-0.2, -0.15) is 0 Å². The zero-order valence-electron chi connectivity index (χ0n) is 13.5. The SMILES string of the molecule is Cc1ccc(CNCC(CC(C)C)N(C)C)c(C)c1. The summed E-state index contributed by atoms with van der Waals surface area (Å²) in [5, 5.41) is 3.61. The van der Waals surface area contributed by atoms with Gasteiger partial charge in [-0.15, -0.1) is 0 Å². The van der Waals surface area contributed by atoms with Gasteiger partial charge in [0.05, 0.1) is 0 Å². The monoisotopic (exact) mass is 262 g/mol. The van der Waals surface area contributed by atoms with Crippen molar-refractivity contribution in [3.63, 3.8) is 0 Å². The Bertz CT molecular complexity index is 383. The predicted molar refractivity (Wildman–Crippen MR) is 84.6 cm³/mol. The van der Waals surface area contributed by atoms with Crippen molar-refractivity contribution in [2.75, 3.05) is 20.6 Å². The topological polar surface area (TPSA) is 15.3 Å². The van der Waals surface area contributed by atoms with E-state index in [4.69, 9.17) is 0 Å². The van der Waals surface area contributed by atoms with Crippen LogP contribution < -0.4 is 5.32 Å². The number of rotatable bonds is 7. The molecule has 19 heavy (non-hydrogen) atoms. The number of aryl methyl sites for hydroxylation is 2. The van der Waals surface area contributed by atoms with Crippen molar-refractivity contribution in [3.05, 3.63) is 34.9 Å². The van der Waals surface area contributed by atoms with Gasteiger partial charge in [-0.3, -0.25) is 0 Å². The maximum absolute atomic E-state index is 3.61. The van der Waals surface area contributed by atoms with E-state index >= 15 is 0 Å². The lowest BCUT2D eigenvalue weighted by molar-refractivity contribution is 0.246. The van der Waals surface area contributed by atoms with Crippen LogP contribution in [0.3, 0.4) is 0 Å². The van der Waals surface area contributed by atoms with Crippen molar-refractivity contribution < 1.29 is 0 Å². The van der Waals surface area contributed by atoms with Gasteiger partial charge >= 0.3 is 0 Å². The van der Waals surface area contributed by atoms with Gasteiger partial charge in [-0.05, 0) is 51.4 Å². The first-order valence-electron chi connectivity index (χ1n) is 7.33. The van der Waals surface area contributed by atoms with Crippen LogP contribution in [0.2, 0.25) is 0 Å². The van der Waals surface area contributed by atoms with E-state index in [2.05, 4.69) is 70.2 Å². The second-order valence-electron chi connectivity index (χ2n) is 6.31. The highest BCUT2D eigenvalue weighted by atomic mass is 15.1. The molecule has 1 rings (SSSR count). The van der Waals surface area contributed by atoms with E-state index in [1.165, 1.54) is 23.1 Å². The Kier molecular flexibility index (Phi) is 6.53. The largest absolute Gasteiger partial charge is 0.311 e. The molecule has 0 aliphatic heterocycles. The first kappa shape index (κ1) is 16.2. The normalized spacial score (nSPS) is 13.3. The average Bonchev–Trinajstić information content (AvgIpc) is 2.29. The molecule has 2 heteroatoms. The Balaban J connectivity index is 2.47. The van der Waals surface area contributed by atoms with Gasteiger partial charge in [0.2, 0.25) is 0 Å². The maximum atomic E-state index is 3.61. The average molecular weight is 262 g/mol. The fourth-order valence-corrected chi connectivity index (χ4v) is 2.44. The van der Waals surface area contributed by atoms with E-state index in [0.29, 0.717) is 6.04 Å². The second-order valence-corrected chi connectivity index (χ2v) is 6.31. The third-order valence-electron chi connectivity index (χ3n) is 3.67. The Labute approximate surface area is 119 Å². The Morgan fingerprint density at radius 2 is 1.84 bits per heavy atom. The molecule has 108 valence electrons. The van der Waals surface area contributed by atoms with Crippen molar-refractivity contribution in [1.29, 1.82) is 0 Å². The van der Waals surface area contributed by atoms with Crippen LogP contribution in [0.5, 0.6) is 0 Å². The summed E-state index contributed by atoms with van der Waals surface area (Å²) in [4.78, 5) is 2.33. The van der Waals surface area contributed by atoms with E-state index in [-0.39, 0.29) is 0 Å². The minimum Gasteiger partial charge on any atom is -0.311 e. The molecule has 0 aromatic heterocycles. The number of nitrogens with zero attached hydrogens (tertiary/aromatic N) is 1. The van der Waals surface area contributed by atoms with Crippen LogP contribution in [0.1, 0.15) is 37.0 Å². The summed E-state index contributed by atoms with van der Waals surface area (Å²) in [7, 11) is 4.34. The molecule has 0 saturated carbocycles.